The van der Waals surface area contributed by atoms with Crippen molar-refractivity contribution >= 4 is 12.2 Å². The molecule has 0 aliphatic carbocycles. The molecule has 122 valence electrons. The number of hydrogen-bond donors (Lipinski definition) is 2. The summed E-state index contributed by atoms with van der Waals surface area (Å²) >= 11 is 0. The number of piperidine rings is 1. The van der Waals surface area contributed by atoms with Crippen LogP contribution < -0.4 is 5.32 Å². The summed E-state index contributed by atoms with van der Waals surface area (Å²) in [5.41, 5.74) is 4.32. The van der Waals surface area contributed by atoms with Gasteiger partial charge in [0.1, 0.15) is 0 Å². The fraction of sp³-hybridized carbons (Fsp3) is 0.300. The van der Waals surface area contributed by atoms with E-state index < -0.39 is 0 Å². The minimum absolute atomic E-state index is 0.0677. The molecular formula is C20H25NO2. The van der Waals surface area contributed by atoms with Gasteiger partial charge in [-0.25, -0.2) is 0 Å². The first-order valence-electron chi connectivity index (χ1n) is 8.00. The molecule has 0 unspecified atom stereocenters. The maximum Gasteiger partial charge on any atom is 0.0937 e. The standard InChI is InChI=1S/C11H12O.C9H13NO/c1-3-10-6-5-9(8-12)7-11(10)4-2;1-4-10-5-2-8(1)9-3-6-11-7-9/h3-7,12H,1-2,8H2;3,6-8,10H,1-2,4-5H2. The summed E-state index contributed by atoms with van der Waals surface area (Å²) in [6.07, 6.45) is 9.67. The summed E-state index contributed by atoms with van der Waals surface area (Å²) in [4.78, 5) is 0. The molecule has 1 aromatic carbocycles. The van der Waals surface area contributed by atoms with E-state index in [9.17, 15) is 0 Å². The Labute approximate surface area is 138 Å². The molecular weight excluding hydrogens is 286 g/mol. The average Bonchev–Trinajstić information content (AvgIpc) is 3.17. The van der Waals surface area contributed by atoms with Gasteiger partial charge in [-0.1, -0.05) is 37.4 Å². The third kappa shape index (κ3) is 4.95. The van der Waals surface area contributed by atoms with Crippen LogP contribution in [-0.2, 0) is 6.61 Å². The summed E-state index contributed by atoms with van der Waals surface area (Å²) in [7, 11) is 0. The second-order valence-corrected chi connectivity index (χ2v) is 5.61. The van der Waals surface area contributed by atoms with Crippen LogP contribution in [0.15, 0.2) is 54.4 Å². The van der Waals surface area contributed by atoms with Crippen LogP contribution in [0.5, 0.6) is 0 Å². The van der Waals surface area contributed by atoms with Crippen molar-refractivity contribution in [2.45, 2.75) is 25.4 Å². The SMILES string of the molecule is C=Cc1ccc(CO)cc1C=C.c1cc(C2CCNCC2)co1. The second kappa shape index (κ2) is 9.13. The molecule has 2 N–H and O–H groups in total. The van der Waals surface area contributed by atoms with Crippen LogP contribution in [0.25, 0.3) is 12.2 Å². The normalized spacial score (nSPS) is 14.7. The first-order chi connectivity index (χ1) is 11.3. The molecule has 3 heteroatoms. The lowest BCUT2D eigenvalue weighted by Crippen LogP contribution is -2.26. The van der Waals surface area contributed by atoms with Crippen LogP contribution in [0.2, 0.25) is 0 Å². The molecule has 2 heterocycles. The highest BCUT2D eigenvalue weighted by Gasteiger charge is 2.15. The van der Waals surface area contributed by atoms with E-state index in [-0.39, 0.29) is 6.61 Å². The minimum atomic E-state index is 0.0677. The van der Waals surface area contributed by atoms with Gasteiger partial charge < -0.3 is 14.8 Å². The quantitative estimate of drug-likeness (QED) is 0.889. The van der Waals surface area contributed by atoms with E-state index in [0.717, 1.165) is 35.7 Å². The Morgan fingerprint density at radius 2 is 1.87 bits per heavy atom. The van der Waals surface area contributed by atoms with Gasteiger partial charge in [0.15, 0.2) is 0 Å². The molecule has 23 heavy (non-hydrogen) atoms. The fourth-order valence-electron chi connectivity index (χ4n) is 2.75. The summed E-state index contributed by atoms with van der Waals surface area (Å²) in [6, 6.07) is 7.79. The first kappa shape index (κ1) is 17.3. The van der Waals surface area contributed by atoms with E-state index in [1.54, 1.807) is 18.4 Å². The molecule has 0 spiro atoms. The molecule has 0 bridgehead atoms. The van der Waals surface area contributed by atoms with Gasteiger partial charge in [-0.2, -0.15) is 0 Å². The molecule has 1 saturated heterocycles. The smallest absolute Gasteiger partial charge is 0.0937 e. The Morgan fingerprint density at radius 3 is 2.43 bits per heavy atom. The Hall–Kier alpha value is -2.10. The van der Waals surface area contributed by atoms with Gasteiger partial charge in [-0.3, -0.25) is 0 Å². The molecule has 3 rings (SSSR count). The predicted octanol–water partition coefficient (Wildman–Crippen LogP) is 4.21. The third-order valence-electron chi connectivity index (χ3n) is 4.13. The summed E-state index contributed by atoms with van der Waals surface area (Å²) in [6.45, 7) is 9.74. The number of benzene rings is 1. The lowest BCUT2D eigenvalue weighted by molar-refractivity contribution is 0.282. The van der Waals surface area contributed by atoms with Crippen molar-refractivity contribution in [2.24, 2.45) is 0 Å². The monoisotopic (exact) mass is 311 g/mol. The van der Waals surface area contributed by atoms with Crippen molar-refractivity contribution in [3.05, 3.63) is 72.2 Å². The third-order valence-corrected chi connectivity index (χ3v) is 4.13. The molecule has 1 aliphatic rings. The highest BCUT2D eigenvalue weighted by molar-refractivity contribution is 5.64. The number of nitrogens with one attached hydrogen (secondary N) is 1. The summed E-state index contributed by atoms with van der Waals surface area (Å²) in [5, 5.41) is 12.2. The van der Waals surface area contributed by atoms with Crippen molar-refractivity contribution in [1.29, 1.82) is 0 Å². The largest absolute Gasteiger partial charge is 0.472 e. The number of furan rings is 1. The Balaban J connectivity index is 0.000000167. The molecule has 1 fully saturated rings. The van der Waals surface area contributed by atoms with Gasteiger partial charge in [-0.15, -0.1) is 0 Å². The highest BCUT2D eigenvalue weighted by atomic mass is 16.3. The van der Waals surface area contributed by atoms with Crippen molar-refractivity contribution in [3.8, 4) is 0 Å². The maximum atomic E-state index is 8.86. The van der Waals surface area contributed by atoms with Gasteiger partial charge >= 0.3 is 0 Å². The van der Waals surface area contributed by atoms with Gasteiger partial charge in [0.2, 0.25) is 0 Å². The van der Waals surface area contributed by atoms with Gasteiger partial charge in [0, 0.05) is 0 Å². The van der Waals surface area contributed by atoms with Crippen LogP contribution in [-0.4, -0.2) is 18.2 Å². The second-order valence-electron chi connectivity index (χ2n) is 5.61. The number of rotatable bonds is 4. The van der Waals surface area contributed by atoms with E-state index in [0.29, 0.717) is 0 Å². The lowest BCUT2D eigenvalue weighted by Gasteiger charge is -2.20. The van der Waals surface area contributed by atoms with Gasteiger partial charge in [0.05, 0.1) is 19.1 Å². The Kier molecular flexibility index (Phi) is 6.85. The molecule has 0 saturated carbocycles. The molecule has 0 radical (unpaired) electrons. The molecule has 2 aromatic rings. The van der Waals surface area contributed by atoms with Crippen LogP contribution >= 0.6 is 0 Å². The van der Waals surface area contributed by atoms with Crippen molar-refractivity contribution in [3.63, 3.8) is 0 Å². The Bertz CT molecular complexity index is 611. The molecule has 3 nitrogen and oxygen atoms in total. The van der Waals surface area contributed by atoms with E-state index in [1.807, 2.05) is 24.5 Å². The van der Waals surface area contributed by atoms with Crippen LogP contribution in [0.1, 0.15) is 41.0 Å². The average molecular weight is 311 g/mol. The van der Waals surface area contributed by atoms with Crippen molar-refractivity contribution in [1.82, 2.24) is 5.32 Å². The Morgan fingerprint density at radius 1 is 1.13 bits per heavy atom. The molecule has 0 atom stereocenters. The van der Waals surface area contributed by atoms with E-state index >= 15 is 0 Å². The fourth-order valence-corrected chi connectivity index (χ4v) is 2.75. The maximum absolute atomic E-state index is 8.86. The first-order valence-corrected chi connectivity index (χ1v) is 8.00. The van der Waals surface area contributed by atoms with Crippen molar-refractivity contribution < 1.29 is 9.52 Å². The zero-order valence-corrected chi connectivity index (χ0v) is 13.5. The minimum Gasteiger partial charge on any atom is -0.472 e. The van der Waals surface area contributed by atoms with Crippen molar-refractivity contribution in [2.75, 3.05) is 13.1 Å². The van der Waals surface area contributed by atoms with E-state index in [1.165, 1.54) is 18.4 Å². The lowest BCUT2D eigenvalue weighted by atomic mass is 9.92. The zero-order valence-electron chi connectivity index (χ0n) is 13.5. The summed E-state index contributed by atoms with van der Waals surface area (Å²) in [5.74, 6) is 0.731. The van der Waals surface area contributed by atoms with E-state index in [2.05, 4.69) is 24.5 Å². The number of aliphatic hydroxyl groups excluding tert-OH is 1. The highest BCUT2D eigenvalue weighted by Crippen LogP contribution is 2.24. The number of aliphatic hydroxyl groups is 1. The predicted molar refractivity (Wildman–Crippen MR) is 96.1 cm³/mol. The molecule has 1 aliphatic heterocycles. The van der Waals surface area contributed by atoms with E-state index in [4.69, 9.17) is 9.52 Å². The van der Waals surface area contributed by atoms with Gasteiger partial charge in [-0.05, 0) is 66.2 Å². The zero-order chi connectivity index (χ0) is 16.5. The van der Waals surface area contributed by atoms with Crippen LogP contribution in [0, 0.1) is 0 Å². The van der Waals surface area contributed by atoms with Crippen LogP contribution in [0.3, 0.4) is 0 Å². The van der Waals surface area contributed by atoms with Crippen LogP contribution in [0.4, 0.5) is 0 Å². The molecule has 1 aromatic heterocycles. The topological polar surface area (TPSA) is 45.4 Å². The molecule has 0 amide bonds. The summed E-state index contributed by atoms with van der Waals surface area (Å²) < 4.78 is 5.05. The van der Waals surface area contributed by atoms with Gasteiger partial charge in [0.25, 0.3) is 0 Å². The number of hydrogen-bond acceptors (Lipinski definition) is 3.